The van der Waals surface area contributed by atoms with Crippen LogP contribution in [0.2, 0.25) is 5.02 Å². The summed E-state index contributed by atoms with van der Waals surface area (Å²) in [5, 5.41) is 4.26. The lowest BCUT2D eigenvalue weighted by molar-refractivity contribution is 0.125. The Bertz CT molecular complexity index is 454. The minimum absolute atomic E-state index is 0.563. The van der Waals surface area contributed by atoms with E-state index >= 15 is 0 Å². The number of rotatable bonds is 3. The summed E-state index contributed by atoms with van der Waals surface area (Å²) in [6.45, 7) is 4.53. The number of benzene rings is 1. The van der Waals surface area contributed by atoms with Gasteiger partial charge in [0, 0.05) is 36.7 Å². The molecule has 1 N–H and O–H groups in total. The van der Waals surface area contributed by atoms with Gasteiger partial charge in [-0.25, -0.2) is 0 Å². The maximum atomic E-state index is 6.16. The third-order valence-electron chi connectivity index (χ3n) is 4.68. The normalized spacial score (nSPS) is 23.1. The molecule has 20 heavy (non-hydrogen) atoms. The Morgan fingerprint density at radius 3 is 2.55 bits per heavy atom. The smallest absolute Gasteiger partial charge is 0.0548 e. The van der Waals surface area contributed by atoms with Gasteiger partial charge in [0.2, 0.25) is 0 Å². The van der Waals surface area contributed by atoms with Gasteiger partial charge in [-0.2, -0.15) is 0 Å². The lowest BCUT2D eigenvalue weighted by Crippen LogP contribution is -2.46. The van der Waals surface area contributed by atoms with E-state index in [1.54, 1.807) is 0 Å². The second kappa shape index (κ2) is 6.78. The first-order valence-electron chi connectivity index (χ1n) is 7.65. The van der Waals surface area contributed by atoms with Crippen LogP contribution in [0.4, 0.5) is 0 Å². The highest BCUT2D eigenvalue weighted by Gasteiger charge is 2.31. The molecule has 1 aliphatic carbocycles. The quantitative estimate of drug-likeness (QED) is 0.870. The Balaban J connectivity index is 1.88. The molecule has 1 saturated heterocycles. The first kappa shape index (κ1) is 14.8. The van der Waals surface area contributed by atoms with Gasteiger partial charge in [0.05, 0.1) is 5.02 Å². The van der Waals surface area contributed by atoms with E-state index < -0.39 is 0 Å². The lowest BCUT2D eigenvalue weighted by atomic mass is 9.90. The Morgan fingerprint density at radius 1 is 1.20 bits per heavy atom. The van der Waals surface area contributed by atoms with Crippen LogP contribution in [0.1, 0.15) is 37.3 Å². The Labute approximate surface area is 135 Å². The molecule has 2 aliphatic rings. The van der Waals surface area contributed by atoms with E-state index in [0.29, 0.717) is 6.04 Å². The zero-order valence-corrected chi connectivity index (χ0v) is 14.1. The predicted octanol–water partition coefficient (Wildman–Crippen LogP) is 4.24. The van der Waals surface area contributed by atoms with Crippen LogP contribution in [0.25, 0.3) is 0 Å². The largest absolute Gasteiger partial charge is 0.314 e. The Hall–Kier alpha value is -0.0900. The summed E-state index contributed by atoms with van der Waals surface area (Å²) in [5.74, 6) is 0.807. The minimum Gasteiger partial charge on any atom is -0.314 e. The fourth-order valence-corrected chi connectivity index (χ4v) is 4.22. The molecule has 110 valence electrons. The SMILES string of the molecule is Clc1ccc([C@@H](C2CCCC2)N2CCNCC2)cc1Br. The van der Waals surface area contributed by atoms with Crippen LogP contribution in [-0.2, 0) is 0 Å². The summed E-state index contributed by atoms with van der Waals surface area (Å²) < 4.78 is 1.02. The topological polar surface area (TPSA) is 15.3 Å². The number of halogens is 2. The van der Waals surface area contributed by atoms with Crippen molar-refractivity contribution < 1.29 is 0 Å². The standard InChI is InChI=1S/C16H22BrClN2/c17-14-11-13(5-6-15(14)18)16(12-3-1-2-4-12)20-9-7-19-8-10-20/h5-6,11-12,16,19H,1-4,7-10H2/t16-/m1/s1. The van der Waals surface area contributed by atoms with E-state index in [4.69, 9.17) is 11.6 Å². The molecule has 2 nitrogen and oxygen atoms in total. The number of nitrogens with one attached hydrogen (secondary N) is 1. The fourth-order valence-electron chi connectivity index (χ4n) is 3.71. The third-order valence-corrected chi connectivity index (χ3v) is 5.89. The van der Waals surface area contributed by atoms with E-state index in [2.05, 4.69) is 38.3 Å². The molecule has 1 saturated carbocycles. The summed E-state index contributed by atoms with van der Waals surface area (Å²) in [7, 11) is 0. The summed E-state index contributed by atoms with van der Waals surface area (Å²) in [6, 6.07) is 7.05. The lowest BCUT2D eigenvalue weighted by Gasteiger charge is -2.38. The van der Waals surface area contributed by atoms with Crippen molar-refractivity contribution in [1.29, 1.82) is 0 Å². The van der Waals surface area contributed by atoms with Crippen molar-refractivity contribution in [2.75, 3.05) is 26.2 Å². The van der Waals surface area contributed by atoms with Gasteiger partial charge in [0.15, 0.2) is 0 Å². The molecule has 2 fully saturated rings. The van der Waals surface area contributed by atoms with Crippen LogP contribution in [0.5, 0.6) is 0 Å². The summed E-state index contributed by atoms with van der Waals surface area (Å²) in [4.78, 5) is 2.67. The molecule has 0 amide bonds. The zero-order valence-electron chi connectivity index (χ0n) is 11.7. The molecule has 4 heteroatoms. The van der Waals surface area contributed by atoms with E-state index in [0.717, 1.165) is 41.6 Å². The molecule has 3 rings (SSSR count). The van der Waals surface area contributed by atoms with Crippen LogP contribution in [0.15, 0.2) is 22.7 Å². The van der Waals surface area contributed by atoms with Gasteiger partial charge in [0.25, 0.3) is 0 Å². The number of hydrogen-bond donors (Lipinski definition) is 1. The summed E-state index contributed by atoms with van der Waals surface area (Å²) in [5.41, 5.74) is 1.43. The first-order valence-corrected chi connectivity index (χ1v) is 8.82. The molecule has 0 spiro atoms. The second-order valence-electron chi connectivity index (χ2n) is 5.95. The van der Waals surface area contributed by atoms with Gasteiger partial charge < -0.3 is 5.32 Å². The maximum Gasteiger partial charge on any atom is 0.0548 e. The highest BCUT2D eigenvalue weighted by molar-refractivity contribution is 9.10. The van der Waals surface area contributed by atoms with Gasteiger partial charge in [-0.1, -0.05) is 30.5 Å². The molecular weight excluding hydrogens is 336 g/mol. The molecule has 1 aromatic carbocycles. The van der Waals surface area contributed by atoms with Crippen molar-refractivity contribution in [2.45, 2.75) is 31.7 Å². The predicted molar refractivity (Wildman–Crippen MR) is 88.3 cm³/mol. The molecule has 1 atom stereocenters. The van der Waals surface area contributed by atoms with Gasteiger partial charge in [0.1, 0.15) is 0 Å². The van der Waals surface area contributed by atoms with Crippen molar-refractivity contribution in [3.8, 4) is 0 Å². The zero-order chi connectivity index (χ0) is 13.9. The highest BCUT2D eigenvalue weighted by atomic mass is 79.9. The van der Waals surface area contributed by atoms with Crippen molar-refractivity contribution in [3.05, 3.63) is 33.3 Å². The molecule has 1 heterocycles. The molecule has 1 aromatic rings. The number of hydrogen-bond acceptors (Lipinski definition) is 2. The number of nitrogens with zero attached hydrogens (tertiary/aromatic N) is 1. The van der Waals surface area contributed by atoms with E-state index in [-0.39, 0.29) is 0 Å². The molecule has 0 bridgehead atoms. The van der Waals surface area contributed by atoms with E-state index in [1.165, 1.54) is 31.2 Å². The molecule has 0 radical (unpaired) electrons. The van der Waals surface area contributed by atoms with Gasteiger partial charge in [-0.05, 0) is 52.4 Å². The minimum atomic E-state index is 0.563. The van der Waals surface area contributed by atoms with Crippen LogP contribution >= 0.6 is 27.5 Å². The fraction of sp³-hybridized carbons (Fsp3) is 0.625. The van der Waals surface area contributed by atoms with Crippen molar-refractivity contribution in [1.82, 2.24) is 10.2 Å². The van der Waals surface area contributed by atoms with Crippen molar-refractivity contribution in [3.63, 3.8) is 0 Å². The van der Waals surface area contributed by atoms with Gasteiger partial charge >= 0.3 is 0 Å². The van der Waals surface area contributed by atoms with Crippen LogP contribution in [0.3, 0.4) is 0 Å². The van der Waals surface area contributed by atoms with Crippen molar-refractivity contribution in [2.24, 2.45) is 5.92 Å². The van der Waals surface area contributed by atoms with E-state index in [9.17, 15) is 0 Å². The average Bonchev–Trinajstić information content (AvgIpc) is 2.98. The highest BCUT2D eigenvalue weighted by Crippen LogP contribution is 2.41. The molecule has 0 aromatic heterocycles. The first-order chi connectivity index (χ1) is 9.75. The van der Waals surface area contributed by atoms with Gasteiger partial charge in [-0.3, -0.25) is 4.90 Å². The summed E-state index contributed by atoms with van der Waals surface area (Å²) in [6.07, 6.45) is 5.52. The monoisotopic (exact) mass is 356 g/mol. The molecule has 1 aliphatic heterocycles. The average molecular weight is 358 g/mol. The maximum absolute atomic E-state index is 6.16. The Morgan fingerprint density at radius 2 is 1.90 bits per heavy atom. The van der Waals surface area contributed by atoms with Crippen molar-refractivity contribution >= 4 is 27.5 Å². The second-order valence-corrected chi connectivity index (χ2v) is 7.21. The van der Waals surface area contributed by atoms with Crippen LogP contribution in [-0.4, -0.2) is 31.1 Å². The van der Waals surface area contributed by atoms with Gasteiger partial charge in [-0.15, -0.1) is 0 Å². The van der Waals surface area contributed by atoms with Crippen LogP contribution in [0, 0.1) is 5.92 Å². The van der Waals surface area contributed by atoms with Crippen LogP contribution < -0.4 is 5.32 Å². The molecule has 0 unspecified atom stereocenters. The number of piperazine rings is 1. The third kappa shape index (κ3) is 3.22. The van der Waals surface area contributed by atoms with E-state index in [1.807, 2.05) is 6.07 Å². The summed E-state index contributed by atoms with van der Waals surface area (Å²) >= 11 is 9.74. The Kier molecular flexibility index (Phi) is 5.03. The molecular formula is C16H22BrClN2.